The molecule has 0 fully saturated rings. The third kappa shape index (κ3) is 4.38. The van der Waals surface area contributed by atoms with Crippen LogP contribution in [0.4, 0.5) is 0 Å². The fourth-order valence-electron chi connectivity index (χ4n) is 6.46. The van der Waals surface area contributed by atoms with E-state index in [0.29, 0.717) is 5.84 Å². The summed E-state index contributed by atoms with van der Waals surface area (Å²) < 4.78 is 6.80. The lowest BCUT2D eigenvalue weighted by molar-refractivity contribution is 0.669. The van der Waals surface area contributed by atoms with Crippen LogP contribution in [0.5, 0.6) is 0 Å². The van der Waals surface area contributed by atoms with Crippen molar-refractivity contribution < 1.29 is 4.42 Å². The van der Waals surface area contributed by atoms with Gasteiger partial charge in [-0.15, -0.1) is 0 Å². The Balaban J connectivity index is 1.31. The number of nitrogens with one attached hydrogen (secondary N) is 1. The Morgan fingerprint density at radius 2 is 1.18 bits per heavy atom. The molecule has 0 spiro atoms. The molecule has 1 atom stereocenters. The van der Waals surface area contributed by atoms with Gasteiger partial charge in [0.05, 0.1) is 0 Å². The van der Waals surface area contributed by atoms with E-state index in [4.69, 9.17) is 14.4 Å². The zero-order valence-corrected chi connectivity index (χ0v) is 24.3. The van der Waals surface area contributed by atoms with Crippen LogP contribution in [-0.4, -0.2) is 11.7 Å². The third-order valence-corrected chi connectivity index (χ3v) is 8.69. The molecule has 8 aromatic rings. The fourth-order valence-corrected chi connectivity index (χ4v) is 6.46. The quantitative estimate of drug-likeness (QED) is 0.226. The molecule has 2 heterocycles. The molecule has 0 saturated heterocycles. The molecule has 4 nitrogen and oxygen atoms in total. The first-order valence-corrected chi connectivity index (χ1v) is 15.2. The Bertz CT molecular complexity index is 2460. The van der Waals surface area contributed by atoms with E-state index in [0.717, 1.165) is 61.0 Å². The first-order valence-electron chi connectivity index (χ1n) is 15.2. The minimum Gasteiger partial charge on any atom is -0.455 e. The molecule has 9 rings (SSSR count). The summed E-state index contributed by atoms with van der Waals surface area (Å²) >= 11 is 0. The summed E-state index contributed by atoms with van der Waals surface area (Å²) in [4.78, 5) is 10.2. The smallest absolute Gasteiger partial charge is 0.159 e. The van der Waals surface area contributed by atoms with Crippen LogP contribution >= 0.6 is 0 Å². The second-order valence-corrected chi connectivity index (χ2v) is 11.5. The number of fused-ring (bicyclic) bond motifs is 5. The van der Waals surface area contributed by atoms with Crippen LogP contribution in [0.15, 0.2) is 166 Å². The minimum atomic E-state index is -0.289. The number of furan rings is 1. The van der Waals surface area contributed by atoms with Gasteiger partial charge in [-0.25, -0.2) is 9.98 Å². The largest absolute Gasteiger partial charge is 0.455 e. The average Bonchev–Trinajstić information content (AvgIpc) is 3.49. The van der Waals surface area contributed by atoms with Gasteiger partial charge < -0.3 is 9.73 Å². The molecule has 7 aromatic carbocycles. The number of hydrogen-bond acceptors (Lipinski definition) is 4. The summed E-state index contributed by atoms with van der Waals surface area (Å²) in [5.41, 5.74) is 6.89. The van der Waals surface area contributed by atoms with Crippen molar-refractivity contribution in [2.75, 3.05) is 0 Å². The Morgan fingerprint density at radius 1 is 0.533 bits per heavy atom. The number of nitrogens with zero attached hydrogens (tertiary/aromatic N) is 2. The van der Waals surface area contributed by atoms with Gasteiger partial charge in [0.15, 0.2) is 5.84 Å². The SMILES string of the molecule is c1ccc(C2=NC(c3ccccc3)NC(c3ccc(-c4ccc5ccccc5c4)c4oc5cc6ccccc6cc5c34)=N2)cc1. The van der Waals surface area contributed by atoms with E-state index in [1.165, 1.54) is 16.2 Å². The van der Waals surface area contributed by atoms with E-state index in [2.05, 4.69) is 121 Å². The Hall–Kier alpha value is -6.00. The van der Waals surface area contributed by atoms with Crippen LogP contribution in [0.2, 0.25) is 0 Å². The van der Waals surface area contributed by atoms with Crippen LogP contribution < -0.4 is 5.32 Å². The van der Waals surface area contributed by atoms with E-state index in [-0.39, 0.29) is 6.17 Å². The maximum atomic E-state index is 6.80. The Morgan fingerprint density at radius 3 is 1.96 bits per heavy atom. The molecular weight excluding hydrogens is 550 g/mol. The summed E-state index contributed by atoms with van der Waals surface area (Å²) in [5.74, 6) is 1.46. The monoisotopic (exact) mass is 577 g/mol. The zero-order chi connectivity index (χ0) is 29.7. The molecule has 1 aliphatic heterocycles. The molecule has 0 bridgehead atoms. The minimum absolute atomic E-state index is 0.289. The van der Waals surface area contributed by atoms with Crippen molar-refractivity contribution in [2.45, 2.75) is 6.17 Å². The fraction of sp³-hybridized carbons (Fsp3) is 0.0244. The summed E-state index contributed by atoms with van der Waals surface area (Å²) in [5, 5.41) is 10.5. The van der Waals surface area contributed by atoms with Crippen molar-refractivity contribution in [1.82, 2.24) is 5.32 Å². The van der Waals surface area contributed by atoms with Gasteiger partial charge in [0.2, 0.25) is 0 Å². The highest BCUT2D eigenvalue weighted by molar-refractivity contribution is 6.24. The summed E-state index contributed by atoms with van der Waals surface area (Å²) in [6, 6.07) is 52.8. The standard InChI is InChI=1S/C41H27N3O/c1-3-12-27(13-4-1)39-42-40(28-14-5-2-6-15-28)44-41(43-39)34-22-21-33(32-20-19-26-11-7-8-16-29(26)23-32)38-37(34)35-24-30-17-9-10-18-31(30)25-36(35)45-38/h1-25,39H,(H,42,43,44). The number of hydrogen-bond donors (Lipinski definition) is 1. The van der Waals surface area contributed by atoms with E-state index < -0.39 is 0 Å². The van der Waals surface area contributed by atoms with Gasteiger partial charge in [0, 0.05) is 27.5 Å². The lowest BCUT2D eigenvalue weighted by Gasteiger charge is -2.24. The van der Waals surface area contributed by atoms with Gasteiger partial charge in [-0.05, 0) is 63.0 Å². The maximum Gasteiger partial charge on any atom is 0.159 e. The third-order valence-electron chi connectivity index (χ3n) is 8.69. The molecule has 1 aromatic heterocycles. The van der Waals surface area contributed by atoms with Gasteiger partial charge in [-0.3, -0.25) is 0 Å². The van der Waals surface area contributed by atoms with Gasteiger partial charge in [-0.2, -0.15) is 0 Å². The van der Waals surface area contributed by atoms with Crippen molar-refractivity contribution in [1.29, 1.82) is 0 Å². The van der Waals surface area contributed by atoms with Crippen molar-refractivity contribution in [3.63, 3.8) is 0 Å². The second-order valence-electron chi connectivity index (χ2n) is 11.5. The first-order chi connectivity index (χ1) is 22.3. The number of benzene rings is 7. The van der Waals surface area contributed by atoms with Gasteiger partial charge >= 0.3 is 0 Å². The lowest BCUT2D eigenvalue weighted by atomic mass is 9.95. The van der Waals surface area contributed by atoms with E-state index in [9.17, 15) is 0 Å². The predicted octanol–water partition coefficient (Wildman–Crippen LogP) is 10.1. The maximum absolute atomic E-state index is 6.80. The summed E-state index contributed by atoms with van der Waals surface area (Å²) in [6.45, 7) is 0. The van der Waals surface area contributed by atoms with Gasteiger partial charge in [0.1, 0.15) is 23.2 Å². The number of aliphatic imine (C=N–C) groups is 2. The van der Waals surface area contributed by atoms with E-state index >= 15 is 0 Å². The normalized spacial score (nSPS) is 14.9. The molecule has 1 aliphatic rings. The Kier molecular flexibility index (Phi) is 5.85. The van der Waals surface area contributed by atoms with Crippen LogP contribution in [-0.2, 0) is 0 Å². The highest BCUT2D eigenvalue weighted by Crippen LogP contribution is 2.41. The molecule has 4 heteroatoms. The Labute approximate surface area is 260 Å². The van der Waals surface area contributed by atoms with E-state index in [1.54, 1.807) is 0 Å². The zero-order valence-electron chi connectivity index (χ0n) is 24.3. The first kappa shape index (κ1) is 25.5. The van der Waals surface area contributed by atoms with Crippen LogP contribution in [0, 0.1) is 0 Å². The molecule has 1 unspecified atom stereocenters. The molecule has 0 amide bonds. The molecule has 212 valence electrons. The highest BCUT2D eigenvalue weighted by Gasteiger charge is 2.25. The van der Waals surface area contributed by atoms with Crippen LogP contribution in [0.3, 0.4) is 0 Å². The highest BCUT2D eigenvalue weighted by atomic mass is 16.3. The molecule has 0 radical (unpaired) electrons. The topological polar surface area (TPSA) is 49.9 Å². The number of amidine groups is 2. The molecule has 0 saturated carbocycles. The van der Waals surface area contributed by atoms with Gasteiger partial charge in [-0.1, -0.05) is 121 Å². The average molecular weight is 578 g/mol. The summed E-state index contributed by atoms with van der Waals surface area (Å²) in [7, 11) is 0. The van der Waals surface area contributed by atoms with E-state index in [1.807, 2.05) is 36.4 Å². The molecular formula is C41H27N3O. The molecule has 1 N–H and O–H groups in total. The van der Waals surface area contributed by atoms with Gasteiger partial charge in [0.25, 0.3) is 0 Å². The molecule has 0 aliphatic carbocycles. The van der Waals surface area contributed by atoms with Crippen molar-refractivity contribution in [3.8, 4) is 11.1 Å². The van der Waals surface area contributed by atoms with Crippen LogP contribution in [0.1, 0.15) is 22.9 Å². The summed E-state index contributed by atoms with van der Waals surface area (Å²) in [6.07, 6.45) is -0.289. The van der Waals surface area contributed by atoms with Crippen molar-refractivity contribution in [3.05, 3.63) is 168 Å². The van der Waals surface area contributed by atoms with Crippen LogP contribution in [0.25, 0.3) is 54.6 Å². The molecule has 45 heavy (non-hydrogen) atoms. The second kappa shape index (κ2) is 10.3. The number of rotatable bonds is 4. The predicted molar refractivity (Wildman–Crippen MR) is 186 cm³/mol. The van der Waals surface area contributed by atoms with Crippen molar-refractivity contribution >= 4 is 55.2 Å². The van der Waals surface area contributed by atoms with Crippen molar-refractivity contribution in [2.24, 2.45) is 9.98 Å². The lowest BCUT2D eigenvalue weighted by Crippen LogP contribution is -2.33.